The van der Waals surface area contributed by atoms with Crippen LogP contribution in [0.25, 0.3) is 22.2 Å². The lowest BCUT2D eigenvalue weighted by Crippen LogP contribution is -2.40. The molecule has 2 aromatic heterocycles. The number of likely N-dealkylation sites (N-methyl/N-ethyl adjacent to an activating group) is 1. The number of carbonyl (C=O) groups excluding carboxylic acids is 1. The zero-order valence-electron chi connectivity index (χ0n) is 16.4. The SMILES string of the molecule is CN(C)CCc1cc2cc(-c3ccc(C(=O)N4CCOCC4)cn3)ccc2o1. The van der Waals surface area contributed by atoms with Crippen molar-refractivity contribution in [2.75, 3.05) is 46.9 Å². The Balaban J connectivity index is 1.51. The van der Waals surface area contributed by atoms with Gasteiger partial charge in [0.2, 0.25) is 0 Å². The number of ether oxygens (including phenoxy) is 1. The van der Waals surface area contributed by atoms with E-state index in [1.54, 1.807) is 6.20 Å². The van der Waals surface area contributed by atoms with Gasteiger partial charge in [0.1, 0.15) is 11.3 Å². The highest BCUT2D eigenvalue weighted by Gasteiger charge is 2.18. The Morgan fingerprint density at radius 2 is 1.96 bits per heavy atom. The summed E-state index contributed by atoms with van der Waals surface area (Å²) in [5.74, 6) is 0.999. The Labute approximate surface area is 164 Å². The van der Waals surface area contributed by atoms with E-state index in [1.807, 2.05) is 29.2 Å². The second kappa shape index (κ2) is 8.12. The van der Waals surface area contributed by atoms with Crippen molar-refractivity contribution in [2.45, 2.75) is 6.42 Å². The van der Waals surface area contributed by atoms with Gasteiger partial charge in [-0.05, 0) is 50.5 Å². The third kappa shape index (κ3) is 4.08. The van der Waals surface area contributed by atoms with E-state index in [2.05, 4.69) is 36.1 Å². The molecule has 0 saturated carbocycles. The lowest BCUT2D eigenvalue weighted by molar-refractivity contribution is 0.0302. The summed E-state index contributed by atoms with van der Waals surface area (Å²) in [4.78, 5) is 21.0. The molecule has 0 radical (unpaired) electrons. The number of furan rings is 1. The van der Waals surface area contributed by atoms with E-state index in [-0.39, 0.29) is 5.91 Å². The smallest absolute Gasteiger partial charge is 0.255 e. The molecule has 1 fully saturated rings. The number of fused-ring (bicyclic) bond motifs is 1. The summed E-state index contributed by atoms with van der Waals surface area (Å²) < 4.78 is 11.2. The fourth-order valence-electron chi connectivity index (χ4n) is 3.35. The van der Waals surface area contributed by atoms with Gasteiger partial charge in [-0.15, -0.1) is 0 Å². The van der Waals surface area contributed by atoms with Gasteiger partial charge in [-0.25, -0.2) is 0 Å². The van der Waals surface area contributed by atoms with Crippen LogP contribution in [-0.4, -0.2) is 67.6 Å². The summed E-state index contributed by atoms with van der Waals surface area (Å²) in [5.41, 5.74) is 3.35. The van der Waals surface area contributed by atoms with Crippen LogP contribution in [0.2, 0.25) is 0 Å². The standard InChI is InChI=1S/C22H25N3O3/c1-24(2)8-7-19-14-18-13-16(4-6-21(18)28-19)20-5-3-17(15-23-20)22(26)25-9-11-27-12-10-25/h3-6,13-15H,7-12H2,1-2H3. The Hall–Kier alpha value is -2.70. The molecule has 0 spiro atoms. The van der Waals surface area contributed by atoms with Crippen LogP contribution in [0.15, 0.2) is 47.0 Å². The molecule has 146 valence electrons. The highest BCUT2D eigenvalue weighted by Crippen LogP contribution is 2.26. The van der Waals surface area contributed by atoms with Gasteiger partial charge in [0, 0.05) is 43.2 Å². The van der Waals surface area contributed by atoms with Gasteiger partial charge >= 0.3 is 0 Å². The number of aromatic nitrogens is 1. The van der Waals surface area contributed by atoms with Crippen molar-refractivity contribution >= 4 is 16.9 Å². The lowest BCUT2D eigenvalue weighted by atomic mass is 10.1. The van der Waals surface area contributed by atoms with Crippen LogP contribution in [0.3, 0.4) is 0 Å². The number of hydrogen-bond donors (Lipinski definition) is 0. The average molecular weight is 379 g/mol. The molecule has 3 heterocycles. The molecule has 6 heteroatoms. The second-order valence-corrected chi connectivity index (χ2v) is 7.36. The van der Waals surface area contributed by atoms with Crippen molar-refractivity contribution in [1.29, 1.82) is 0 Å². The Bertz CT molecular complexity index is 957. The number of carbonyl (C=O) groups is 1. The maximum atomic E-state index is 12.5. The van der Waals surface area contributed by atoms with Gasteiger partial charge in [-0.2, -0.15) is 0 Å². The van der Waals surface area contributed by atoms with Crippen LogP contribution < -0.4 is 0 Å². The summed E-state index contributed by atoms with van der Waals surface area (Å²) >= 11 is 0. The fraction of sp³-hybridized carbons (Fsp3) is 0.364. The first-order chi connectivity index (χ1) is 13.6. The van der Waals surface area contributed by atoms with Crippen LogP contribution in [0.1, 0.15) is 16.1 Å². The third-order valence-electron chi connectivity index (χ3n) is 4.98. The van der Waals surface area contributed by atoms with Crippen LogP contribution in [0.4, 0.5) is 0 Å². The molecule has 28 heavy (non-hydrogen) atoms. The van der Waals surface area contributed by atoms with E-state index in [1.165, 1.54) is 0 Å². The minimum atomic E-state index is 0.0122. The molecule has 0 bridgehead atoms. The van der Waals surface area contributed by atoms with E-state index in [4.69, 9.17) is 9.15 Å². The molecule has 1 aromatic carbocycles. The first-order valence-electron chi connectivity index (χ1n) is 9.61. The Morgan fingerprint density at radius 1 is 1.14 bits per heavy atom. The quantitative estimate of drug-likeness (QED) is 0.682. The van der Waals surface area contributed by atoms with Gasteiger partial charge in [0.05, 0.1) is 24.5 Å². The molecule has 1 aliphatic rings. The number of nitrogens with zero attached hydrogens (tertiary/aromatic N) is 3. The number of benzene rings is 1. The van der Waals surface area contributed by atoms with Crippen molar-refractivity contribution in [3.63, 3.8) is 0 Å². The van der Waals surface area contributed by atoms with Crippen molar-refractivity contribution in [3.8, 4) is 11.3 Å². The highest BCUT2D eigenvalue weighted by molar-refractivity contribution is 5.94. The Morgan fingerprint density at radius 3 is 2.68 bits per heavy atom. The van der Waals surface area contributed by atoms with Crippen LogP contribution >= 0.6 is 0 Å². The van der Waals surface area contributed by atoms with Crippen molar-refractivity contribution in [3.05, 3.63) is 53.9 Å². The largest absolute Gasteiger partial charge is 0.461 e. The first-order valence-corrected chi connectivity index (χ1v) is 9.61. The van der Waals surface area contributed by atoms with E-state index < -0.39 is 0 Å². The maximum absolute atomic E-state index is 12.5. The van der Waals surface area contributed by atoms with Gasteiger partial charge in [-0.1, -0.05) is 0 Å². The summed E-state index contributed by atoms with van der Waals surface area (Å²) in [5, 5.41) is 1.07. The van der Waals surface area contributed by atoms with Gasteiger partial charge in [0.25, 0.3) is 5.91 Å². The minimum Gasteiger partial charge on any atom is -0.461 e. The molecular weight excluding hydrogens is 354 g/mol. The molecule has 4 rings (SSSR count). The summed E-state index contributed by atoms with van der Waals surface area (Å²) in [7, 11) is 4.11. The zero-order chi connectivity index (χ0) is 19.5. The van der Waals surface area contributed by atoms with Gasteiger partial charge < -0.3 is 19.0 Å². The molecule has 0 atom stereocenters. The van der Waals surface area contributed by atoms with Gasteiger partial charge in [0.15, 0.2) is 0 Å². The average Bonchev–Trinajstić information content (AvgIpc) is 3.15. The summed E-state index contributed by atoms with van der Waals surface area (Å²) in [6, 6.07) is 11.9. The molecule has 0 aliphatic carbocycles. The molecule has 1 aliphatic heterocycles. The van der Waals surface area contributed by atoms with Crippen LogP contribution in [-0.2, 0) is 11.2 Å². The molecule has 3 aromatic rings. The predicted molar refractivity (Wildman–Crippen MR) is 108 cm³/mol. The van der Waals surface area contributed by atoms with E-state index in [9.17, 15) is 4.79 Å². The number of pyridine rings is 1. The molecule has 1 saturated heterocycles. The van der Waals surface area contributed by atoms with E-state index in [0.29, 0.717) is 31.9 Å². The minimum absolute atomic E-state index is 0.0122. The maximum Gasteiger partial charge on any atom is 0.255 e. The van der Waals surface area contributed by atoms with Crippen molar-refractivity contribution in [2.24, 2.45) is 0 Å². The van der Waals surface area contributed by atoms with Crippen LogP contribution in [0.5, 0.6) is 0 Å². The first kappa shape index (κ1) is 18.7. The molecule has 6 nitrogen and oxygen atoms in total. The van der Waals surface area contributed by atoms with E-state index >= 15 is 0 Å². The summed E-state index contributed by atoms with van der Waals surface area (Å²) in [6.07, 6.45) is 2.54. The Kier molecular flexibility index (Phi) is 5.41. The lowest BCUT2D eigenvalue weighted by Gasteiger charge is -2.26. The second-order valence-electron chi connectivity index (χ2n) is 7.36. The third-order valence-corrected chi connectivity index (χ3v) is 4.98. The van der Waals surface area contributed by atoms with Crippen molar-refractivity contribution < 1.29 is 13.9 Å². The topological polar surface area (TPSA) is 58.8 Å². The molecular formula is C22H25N3O3. The summed E-state index contributed by atoms with van der Waals surface area (Å²) in [6.45, 7) is 3.41. The predicted octanol–water partition coefficient (Wildman–Crippen LogP) is 3.07. The number of amides is 1. The number of morpholine rings is 1. The molecule has 1 amide bonds. The number of hydrogen-bond acceptors (Lipinski definition) is 5. The highest BCUT2D eigenvalue weighted by atomic mass is 16.5. The normalized spacial score (nSPS) is 14.8. The molecule has 0 unspecified atom stereocenters. The van der Waals surface area contributed by atoms with E-state index in [0.717, 1.165) is 41.0 Å². The fourth-order valence-corrected chi connectivity index (χ4v) is 3.35. The van der Waals surface area contributed by atoms with Gasteiger partial charge in [-0.3, -0.25) is 9.78 Å². The van der Waals surface area contributed by atoms with Crippen LogP contribution in [0, 0.1) is 0 Å². The molecule has 0 N–H and O–H groups in total. The van der Waals surface area contributed by atoms with Crippen molar-refractivity contribution in [1.82, 2.24) is 14.8 Å². The monoisotopic (exact) mass is 379 g/mol. The number of rotatable bonds is 5. The zero-order valence-corrected chi connectivity index (χ0v) is 16.4.